The molecular weight excluding hydrogens is 276 g/mol. The molecule has 1 aromatic carbocycles. The lowest BCUT2D eigenvalue weighted by atomic mass is 9.73. The van der Waals surface area contributed by atoms with E-state index in [0.717, 1.165) is 18.8 Å². The van der Waals surface area contributed by atoms with Crippen LogP contribution in [0, 0.1) is 11.8 Å². The molecule has 2 aliphatic rings. The summed E-state index contributed by atoms with van der Waals surface area (Å²) >= 11 is 0. The van der Waals surface area contributed by atoms with Crippen molar-refractivity contribution < 1.29 is 9.53 Å². The van der Waals surface area contributed by atoms with Gasteiger partial charge >= 0.3 is 6.09 Å². The van der Waals surface area contributed by atoms with Crippen molar-refractivity contribution in [2.75, 3.05) is 18.4 Å². The zero-order valence-electron chi connectivity index (χ0n) is 13.7. The molecule has 22 heavy (non-hydrogen) atoms. The fourth-order valence-electron chi connectivity index (χ4n) is 3.52. The van der Waals surface area contributed by atoms with Gasteiger partial charge in [-0.05, 0) is 57.6 Å². The first kappa shape index (κ1) is 15.2. The predicted molar refractivity (Wildman–Crippen MR) is 87.9 cm³/mol. The van der Waals surface area contributed by atoms with Crippen LogP contribution in [-0.2, 0) is 4.74 Å². The highest BCUT2D eigenvalue weighted by molar-refractivity contribution is 5.69. The van der Waals surface area contributed by atoms with E-state index in [2.05, 4.69) is 17.4 Å². The maximum atomic E-state index is 12.5. The van der Waals surface area contributed by atoms with Gasteiger partial charge in [-0.15, -0.1) is 0 Å². The van der Waals surface area contributed by atoms with Crippen molar-refractivity contribution in [1.82, 2.24) is 4.90 Å². The molecule has 1 heterocycles. The third-order valence-corrected chi connectivity index (χ3v) is 4.72. The second-order valence-corrected chi connectivity index (χ2v) is 7.45. The molecule has 3 unspecified atom stereocenters. The number of hydrogen-bond acceptors (Lipinski definition) is 3. The normalized spacial score (nSPS) is 27.0. The number of para-hydroxylation sites is 1. The van der Waals surface area contributed by atoms with Gasteiger partial charge in [0.2, 0.25) is 0 Å². The summed E-state index contributed by atoms with van der Waals surface area (Å²) in [4.78, 5) is 14.4. The van der Waals surface area contributed by atoms with E-state index < -0.39 is 5.60 Å². The zero-order chi connectivity index (χ0) is 15.7. The molecule has 1 aliphatic heterocycles. The Morgan fingerprint density at radius 3 is 2.59 bits per heavy atom. The quantitative estimate of drug-likeness (QED) is 0.924. The molecule has 1 saturated heterocycles. The Kier molecular flexibility index (Phi) is 4.02. The van der Waals surface area contributed by atoms with E-state index in [1.54, 1.807) is 0 Å². The summed E-state index contributed by atoms with van der Waals surface area (Å²) in [5.41, 5.74) is 0.672. The van der Waals surface area contributed by atoms with E-state index in [9.17, 15) is 4.79 Å². The minimum atomic E-state index is -0.434. The number of benzene rings is 1. The van der Waals surface area contributed by atoms with E-state index in [1.807, 2.05) is 43.9 Å². The maximum Gasteiger partial charge on any atom is 0.410 e. The van der Waals surface area contributed by atoms with Gasteiger partial charge < -0.3 is 15.0 Å². The van der Waals surface area contributed by atoms with Gasteiger partial charge in [0, 0.05) is 18.8 Å². The summed E-state index contributed by atoms with van der Waals surface area (Å²) < 4.78 is 5.59. The highest BCUT2D eigenvalue weighted by Crippen LogP contribution is 2.45. The number of nitrogens with one attached hydrogen (secondary N) is 1. The van der Waals surface area contributed by atoms with Crippen LogP contribution in [0.1, 0.15) is 33.6 Å². The monoisotopic (exact) mass is 302 g/mol. The van der Waals surface area contributed by atoms with Gasteiger partial charge in [-0.3, -0.25) is 0 Å². The lowest BCUT2D eigenvalue weighted by Gasteiger charge is -2.34. The summed E-state index contributed by atoms with van der Waals surface area (Å²) in [6, 6.07) is 10.4. The molecule has 2 fully saturated rings. The fraction of sp³-hybridized carbons (Fsp3) is 0.611. The molecule has 3 rings (SSSR count). The highest BCUT2D eigenvalue weighted by Gasteiger charge is 2.49. The molecule has 4 heteroatoms. The number of ether oxygens (including phenoxy) is 1. The van der Waals surface area contributed by atoms with Crippen LogP contribution in [0.15, 0.2) is 30.3 Å². The Bertz CT molecular complexity index is 524. The highest BCUT2D eigenvalue weighted by atomic mass is 16.6. The number of hydrogen-bond donors (Lipinski definition) is 1. The molecule has 1 saturated carbocycles. The molecule has 0 spiro atoms. The van der Waals surface area contributed by atoms with Gasteiger partial charge in [0.05, 0.1) is 6.04 Å². The van der Waals surface area contributed by atoms with Crippen LogP contribution in [-0.4, -0.2) is 35.7 Å². The summed E-state index contributed by atoms with van der Waals surface area (Å²) in [5, 5.41) is 3.47. The van der Waals surface area contributed by atoms with E-state index in [-0.39, 0.29) is 12.1 Å². The van der Waals surface area contributed by atoms with Gasteiger partial charge in [0.25, 0.3) is 0 Å². The largest absolute Gasteiger partial charge is 0.444 e. The van der Waals surface area contributed by atoms with E-state index in [1.165, 1.54) is 12.8 Å². The first-order chi connectivity index (χ1) is 10.4. The Balaban J connectivity index is 1.65. The predicted octanol–water partition coefficient (Wildman–Crippen LogP) is 3.74. The van der Waals surface area contributed by atoms with E-state index in [4.69, 9.17) is 4.74 Å². The van der Waals surface area contributed by atoms with Crippen LogP contribution in [0.2, 0.25) is 0 Å². The van der Waals surface area contributed by atoms with Crippen molar-refractivity contribution >= 4 is 11.8 Å². The summed E-state index contributed by atoms with van der Waals surface area (Å²) in [7, 11) is 0. The van der Waals surface area contributed by atoms with Gasteiger partial charge in [-0.1, -0.05) is 18.2 Å². The van der Waals surface area contributed by atoms with Crippen molar-refractivity contribution in [3.63, 3.8) is 0 Å². The van der Waals surface area contributed by atoms with Crippen LogP contribution in [0.3, 0.4) is 0 Å². The first-order valence-electron chi connectivity index (χ1n) is 8.22. The first-order valence-corrected chi connectivity index (χ1v) is 8.22. The topological polar surface area (TPSA) is 41.6 Å². The number of amides is 1. The molecule has 0 radical (unpaired) electrons. The van der Waals surface area contributed by atoms with Crippen LogP contribution < -0.4 is 5.32 Å². The Morgan fingerprint density at radius 2 is 2.00 bits per heavy atom. The number of likely N-dealkylation sites (tertiary alicyclic amines) is 1. The summed E-state index contributed by atoms with van der Waals surface area (Å²) in [5.74, 6) is 1.29. The second-order valence-electron chi connectivity index (χ2n) is 7.45. The number of rotatable bonds is 3. The van der Waals surface area contributed by atoms with E-state index >= 15 is 0 Å². The summed E-state index contributed by atoms with van der Waals surface area (Å²) in [6.45, 7) is 7.41. The zero-order valence-corrected chi connectivity index (χ0v) is 13.7. The molecule has 0 bridgehead atoms. The molecule has 1 aromatic rings. The molecule has 1 aliphatic carbocycles. The van der Waals surface area contributed by atoms with E-state index in [0.29, 0.717) is 11.8 Å². The van der Waals surface area contributed by atoms with Gasteiger partial charge in [-0.2, -0.15) is 0 Å². The summed E-state index contributed by atoms with van der Waals surface area (Å²) in [6.07, 6.45) is 2.30. The third kappa shape index (κ3) is 3.21. The molecule has 1 N–H and O–H groups in total. The van der Waals surface area contributed by atoms with Crippen LogP contribution in [0.4, 0.5) is 10.5 Å². The molecule has 4 nitrogen and oxygen atoms in total. The number of anilines is 1. The number of nitrogens with zero attached hydrogens (tertiary/aromatic N) is 1. The number of carbonyl (C=O) groups is 1. The second kappa shape index (κ2) is 5.82. The standard InChI is InChI=1S/C18H26N2O2/c1-18(2,3)22-17(21)20-12-13-9-10-15(13)16(20)11-19-14-7-5-4-6-8-14/h4-8,13,15-16,19H,9-12H2,1-3H3. The van der Waals surface area contributed by atoms with Crippen molar-refractivity contribution in [3.8, 4) is 0 Å². The van der Waals surface area contributed by atoms with Crippen LogP contribution >= 0.6 is 0 Å². The minimum Gasteiger partial charge on any atom is -0.444 e. The molecule has 0 aromatic heterocycles. The van der Waals surface area contributed by atoms with Crippen LogP contribution in [0.5, 0.6) is 0 Å². The lowest BCUT2D eigenvalue weighted by molar-refractivity contribution is 0.0219. The minimum absolute atomic E-state index is 0.165. The molecular formula is C18H26N2O2. The van der Waals surface area contributed by atoms with Crippen molar-refractivity contribution in [2.24, 2.45) is 11.8 Å². The smallest absolute Gasteiger partial charge is 0.410 e. The molecule has 120 valence electrons. The third-order valence-electron chi connectivity index (χ3n) is 4.72. The average Bonchev–Trinajstić information content (AvgIpc) is 2.67. The number of fused-ring (bicyclic) bond motifs is 1. The van der Waals surface area contributed by atoms with Gasteiger partial charge in [0.15, 0.2) is 0 Å². The Morgan fingerprint density at radius 1 is 1.27 bits per heavy atom. The van der Waals surface area contributed by atoms with Crippen LogP contribution in [0.25, 0.3) is 0 Å². The van der Waals surface area contributed by atoms with Crippen molar-refractivity contribution in [3.05, 3.63) is 30.3 Å². The lowest BCUT2D eigenvalue weighted by Crippen LogP contribution is -2.45. The molecule has 3 atom stereocenters. The number of carbonyl (C=O) groups excluding carboxylic acids is 1. The SMILES string of the molecule is CC(C)(C)OC(=O)N1CC2CCC2C1CNc1ccccc1. The molecule has 1 amide bonds. The average molecular weight is 302 g/mol. The van der Waals surface area contributed by atoms with Crippen molar-refractivity contribution in [2.45, 2.75) is 45.3 Å². The van der Waals surface area contributed by atoms with Crippen molar-refractivity contribution in [1.29, 1.82) is 0 Å². The van der Waals surface area contributed by atoms with Gasteiger partial charge in [0.1, 0.15) is 5.60 Å². The Hall–Kier alpha value is -1.71. The Labute approximate surface area is 132 Å². The maximum absolute atomic E-state index is 12.5. The van der Waals surface area contributed by atoms with Gasteiger partial charge in [-0.25, -0.2) is 4.79 Å². The fourth-order valence-corrected chi connectivity index (χ4v) is 3.52.